The summed E-state index contributed by atoms with van der Waals surface area (Å²) in [6.45, 7) is 2.15. The van der Waals surface area contributed by atoms with E-state index in [1.54, 1.807) is 22.0 Å². The molecule has 0 unspecified atom stereocenters. The van der Waals surface area contributed by atoms with Crippen molar-refractivity contribution in [1.82, 2.24) is 9.13 Å². The van der Waals surface area contributed by atoms with Gasteiger partial charge in [0.15, 0.2) is 0 Å². The Morgan fingerprint density at radius 2 is 1.80 bits per heavy atom. The van der Waals surface area contributed by atoms with Crippen LogP contribution in [-0.4, -0.2) is 20.2 Å². The third kappa shape index (κ3) is 2.55. The van der Waals surface area contributed by atoms with E-state index in [1.165, 1.54) is 20.2 Å². The maximum Gasteiger partial charge on any atom is 0.329 e. The molecule has 0 fully saturated rings. The zero-order valence-corrected chi connectivity index (χ0v) is 14.4. The average Bonchev–Trinajstić information content (AvgIpc) is 3.11. The van der Waals surface area contributed by atoms with Gasteiger partial charge in [0.1, 0.15) is 6.54 Å². The van der Waals surface area contributed by atoms with Gasteiger partial charge in [0, 0.05) is 10.1 Å². The van der Waals surface area contributed by atoms with E-state index in [2.05, 4.69) is 24.4 Å². The normalized spacial score (nSPS) is 11.4. The molecule has 0 aliphatic carbocycles. The van der Waals surface area contributed by atoms with Crippen LogP contribution in [0.15, 0.2) is 52.6 Å². The first kappa shape index (κ1) is 15.7. The molecule has 0 saturated carbocycles. The number of carbonyl (C=O) groups is 1. The Morgan fingerprint density at radius 1 is 1.08 bits per heavy atom. The van der Waals surface area contributed by atoms with Gasteiger partial charge in [0.2, 0.25) is 0 Å². The van der Waals surface area contributed by atoms with Crippen LogP contribution < -0.4 is 5.69 Å². The molecule has 2 heterocycles. The van der Waals surface area contributed by atoms with Gasteiger partial charge in [-0.1, -0.05) is 24.3 Å². The topological polar surface area (TPSA) is 64.2 Å². The number of hydrogen-bond donors (Lipinski definition) is 1. The number of nitrogens with zero attached hydrogens (tertiary/aromatic N) is 2. The fourth-order valence-corrected chi connectivity index (χ4v) is 4.37. The Labute approximate surface area is 147 Å². The molecule has 0 spiro atoms. The number of hydrogen-bond acceptors (Lipinski definition) is 3. The van der Waals surface area contributed by atoms with Gasteiger partial charge in [-0.2, -0.15) is 0 Å². The van der Waals surface area contributed by atoms with Crippen molar-refractivity contribution in [3.63, 3.8) is 0 Å². The molecule has 0 aliphatic heterocycles. The van der Waals surface area contributed by atoms with E-state index in [4.69, 9.17) is 5.11 Å². The van der Waals surface area contributed by atoms with Crippen LogP contribution in [-0.2, 0) is 17.9 Å². The molecular formula is C19H16N2O3S. The van der Waals surface area contributed by atoms with Crippen molar-refractivity contribution in [2.24, 2.45) is 0 Å². The van der Waals surface area contributed by atoms with Crippen molar-refractivity contribution in [1.29, 1.82) is 0 Å². The number of imidazole rings is 1. The summed E-state index contributed by atoms with van der Waals surface area (Å²) in [6, 6.07) is 13.5. The zero-order chi connectivity index (χ0) is 17.6. The van der Waals surface area contributed by atoms with Gasteiger partial charge in [-0.3, -0.25) is 13.9 Å². The first-order chi connectivity index (χ1) is 12.1. The maximum atomic E-state index is 12.8. The lowest BCUT2D eigenvalue weighted by atomic mass is 10.1. The molecule has 0 atom stereocenters. The minimum Gasteiger partial charge on any atom is -0.480 e. The third-order valence-electron chi connectivity index (χ3n) is 4.43. The molecule has 4 rings (SSSR count). The van der Waals surface area contributed by atoms with Crippen molar-refractivity contribution < 1.29 is 9.90 Å². The molecule has 2 aromatic heterocycles. The van der Waals surface area contributed by atoms with Gasteiger partial charge < -0.3 is 5.11 Å². The highest BCUT2D eigenvalue weighted by molar-refractivity contribution is 7.17. The van der Waals surface area contributed by atoms with Gasteiger partial charge in [-0.05, 0) is 41.6 Å². The Morgan fingerprint density at radius 3 is 2.52 bits per heavy atom. The van der Waals surface area contributed by atoms with Crippen molar-refractivity contribution in [3.8, 4) is 0 Å². The number of aromatic nitrogens is 2. The van der Waals surface area contributed by atoms with E-state index in [9.17, 15) is 9.59 Å². The number of benzene rings is 2. The molecule has 6 heteroatoms. The molecule has 126 valence electrons. The van der Waals surface area contributed by atoms with E-state index < -0.39 is 5.97 Å². The van der Waals surface area contributed by atoms with Crippen LogP contribution in [0.4, 0.5) is 0 Å². The summed E-state index contributed by atoms with van der Waals surface area (Å²) in [7, 11) is 0. The molecule has 0 saturated heterocycles. The van der Waals surface area contributed by atoms with Gasteiger partial charge in [0.25, 0.3) is 0 Å². The Bertz CT molecular complexity index is 1170. The summed E-state index contributed by atoms with van der Waals surface area (Å²) in [4.78, 5) is 24.0. The summed E-state index contributed by atoms with van der Waals surface area (Å²) in [5.74, 6) is -1.03. The molecule has 0 radical (unpaired) electrons. The standard InChI is InChI=1S/C19H16N2O3S/c1-12-5-4-8-16-18(12)13(11-25-16)9-20-14-6-2-3-7-15(14)21(19(20)24)10-17(22)23/h2-8,11H,9-10H2,1H3,(H,22,23). The van der Waals surface area contributed by atoms with Gasteiger partial charge >= 0.3 is 11.7 Å². The van der Waals surface area contributed by atoms with E-state index in [1.807, 2.05) is 24.3 Å². The number of carboxylic acid groups (broad SMARTS) is 1. The maximum absolute atomic E-state index is 12.8. The van der Waals surface area contributed by atoms with Crippen LogP contribution in [0.5, 0.6) is 0 Å². The Hall–Kier alpha value is -2.86. The van der Waals surface area contributed by atoms with Crippen LogP contribution in [0.1, 0.15) is 11.1 Å². The van der Waals surface area contributed by atoms with Gasteiger partial charge in [-0.15, -0.1) is 11.3 Å². The first-order valence-electron chi connectivity index (χ1n) is 7.92. The molecule has 2 aromatic carbocycles. The average molecular weight is 352 g/mol. The highest BCUT2D eigenvalue weighted by Gasteiger charge is 2.16. The molecule has 0 aliphatic rings. The quantitative estimate of drug-likeness (QED) is 0.612. The van der Waals surface area contributed by atoms with Crippen LogP contribution in [0.25, 0.3) is 21.1 Å². The minimum atomic E-state index is -1.03. The predicted octanol–water partition coefficient (Wildman–Crippen LogP) is 3.46. The summed E-state index contributed by atoms with van der Waals surface area (Å²) in [5.41, 5.74) is 3.36. The molecule has 1 N–H and O–H groups in total. The lowest BCUT2D eigenvalue weighted by Gasteiger charge is -2.04. The smallest absolute Gasteiger partial charge is 0.329 e. The largest absolute Gasteiger partial charge is 0.480 e. The lowest BCUT2D eigenvalue weighted by molar-refractivity contribution is -0.137. The number of rotatable bonds is 4. The minimum absolute atomic E-state index is 0.295. The highest BCUT2D eigenvalue weighted by atomic mass is 32.1. The predicted molar refractivity (Wildman–Crippen MR) is 99.5 cm³/mol. The number of thiophene rings is 1. The highest BCUT2D eigenvalue weighted by Crippen LogP contribution is 2.29. The SMILES string of the molecule is Cc1cccc2scc(Cn3c(=O)n(CC(=O)O)c4ccccc43)c12. The first-order valence-corrected chi connectivity index (χ1v) is 8.80. The fraction of sp³-hybridized carbons (Fsp3) is 0.158. The number of para-hydroxylation sites is 2. The van der Waals surface area contributed by atoms with Gasteiger partial charge in [0.05, 0.1) is 17.6 Å². The molecule has 0 bridgehead atoms. The zero-order valence-electron chi connectivity index (χ0n) is 13.6. The molecule has 25 heavy (non-hydrogen) atoms. The van der Waals surface area contributed by atoms with Gasteiger partial charge in [-0.25, -0.2) is 4.79 Å². The number of carboxylic acids is 1. The monoisotopic (exact) mass is 352 g/mol. The lowest BCUT2D eigenvalue weighted by Crippen LogP contribution is -2.27. The molecule has 5 nitrogen and oxygen atoms in total. The van der Waals surface area contributed by atoms with Crippen LogP contribution >= 0.6 is 11.3 Å². The summed E-state index contributed by atoms with van der Waals surface area (Å²) < 4.78 is 4.17. The number of aryl methyl sites for hydroxylation is 1. The van der Waals surface area contributed by atoms with Crippen LogP contribution in [0, 0.1) is 6.92 Å². The van der Waals surface area contributed by atoms with E-state index in [-0.39, 0.29) is 12.2 Å². The molecule has 4 aromatic rings. The van der Waals surface area contributed by atoms with Crippen LogP contribution in [0.2, 0.25) is 0 Å². The van der Waals surface area contributed by atoms with E-state index >= 15 is 0 Å². The summed E-state index contributed by atoms with van der Waals surface area (Å²) >= 11 is 1.66. The van der Waals surface area contributed by atoms with Crippen LogP contribution in [0.3, 0.4) is 0 Å². The van der Waals surface area contributed by atoms with Crippen molar-refractivity contribution in [3.05, 3.63) is 69.5 Å². The van der Waals surface area contributed by atoms with Crippen molar-refractivity contribution in [2.75, 3.05) is 0 Å². The third-order valence-corrected chi connectivity index (χ3v) is 5.43. The summed E-state index contributed by atoms with van der Waals surface area (Å²) in [6.07, 6.45) is 0. The van der Waals surface area contributed by atoms with Crippen molar-refractivity contribution >= 4 is 38.4 Å². The summed E-state index contributed by atoms with van der Waals surface area (Å²) in [5, 5.41) is 12.4. The number of fused-ring (bicyclic) bond motifs is 2. The second-order valence-corrected chi connectivity index (χ2v) is 6.96. The number of aliphatic carboxylic acids is 1. The second kappa shape index (κ2) is 5.89. The van der Waals surface area contributed by atoms with E-state index in [0.717, 1.165) is 11.1 Å². The van der Waals surface area contributed by atoms with Crippen molar-refractivity contribution in [2.45, 2.75) is 20.0 Å². The Balaban J connectivity index is 1.91. The fourth-order valence-electron chi connectivity index (χ4n) is 3.34. The second-order valence-electron chi connectivity index (χ2n) is 6.05. The molecule has 0 amide bonds. The Kier molecular flexibility index (Phi) is 3.69. The van der Waals surface area contributed by atoms with E-state index in [0.29, 0.717) is 12.1 Å². The molecular weight excluding hydrogens is 336 g/mol.